The molecule has 0 spiro atoms. The molecule has 1 saturated carbocycles. The molecular formula is C32H37FN2O3. The highest BCUT2D eigenvalue weighted by molar-refractivity contribution is 5.88. The van der Waals surface area contributed by atoms with Gasteiger partial charge in [0.05, 0.1) is 0 Å². The number of hydrogen-bond donors (Lipinski definition) is 1. The lowest BCUT2D eigenvalue weighted by molar-refractivity contribution is -0.143. The Bertz CT molecular complexity index is 1220. The molecule has 0 bridgehead atoms. The van der Waals surface area contributed by atoms with E-state index in [0.717, 1.165) is 42.4 Å². The molecule has 0 saturated heterocycles. The Hall–Kier alpha value is -3.67. The van der Waals surface area contributed by atoms with Gasteiger partial charge in [-0.1, -0.05) is 79.9 Å². The maximum absolute atomic E-state index is 14.8. The zero-order valence-electron chi connectivity index (χ0n) is 22.3. The first kappa shape index (κ1) is 27.4. The average Bonchev–Trinajstić information content (AvgIpc) is 2.93. The van der Waals surface area contributed by atoms with Gasteiger partial charge in [-0.25, -0.2) is 4.39 Å². The third-order valence-electron chi connectivity index (χ3n) is 7.43. The lowest BCUT2D eigenvalue weighted by Crippen LogP contribution is -2.53. The Balaban J connectivity index is 1.63. The van der Waals surface area contributed by atoms with Gasteiger partial charge in [0.15, 0.2) is 6.61 Å². The number of carbonyl (C=O) groups excluding carboxylic acids is 2. The smallest absolute Gasteiger partial charge is 0.261 e. The maximum Gasteiger partial charge on any atom is 0.261 e. The molecule has 1 N–H and O–H groups in total. The van der Waals surface area contributed by atoms with Gasteiger partial charge >= 0.3 is 0 Å². The van der Waals surface area contributed by atoms with Crippen LogP contribution in [0.2, 0.25) is 0 Å². The molecule has 1 fully saturated rings. The summed E-state index contributed by atoms with van der Waals surface area (Å²) in [6, 6.07) is 21.0. The van der Waals surface area contributed by atoms with Gasteiger partial charge in [0.2, 0.25) is 5.91 Å². The van der Waals surface area contributed by atoms with E-state index >= 15 is 0 Å². The zero-order valence-corrected chi connectivity index (χ0v) is 22.3. The molecule has 0 radical (unpaired) electrons. The number of carbonyl (C=O) groups is 2. The van der Waals surface area contributed by atoms with E-state index in [1.165, 1.54) is 17.4 Å². The summed E-state index contributed by atoms with van der Waals surface area (Å²) in [5, 5.41) is 3.20. The van der Waals surface area contributed by atoms with Gasteiger partial charge in [-0.15, -0.1) is 0 Å². The molecule has 4 rings (SSSR count). The molecule has 2 amide bonds. The van der Waals surface area contributed by atoms with Crippen molar-refractivity contribution in [3.63, 3.8) is 0 Å². The standard InChI is InChI=1S/C32H37FN2O3/c1-23-12-11-19-30(24(23)2)38-22-31(36)35(21-26-15-9-10-18-28(26)33)29(20-25-13-5-3-6-14-25)32(37)34-27-16-7-4-8-17-27/h3,5-6,9-15,18-19,27,29H,4,7-8,16-17,20-22H2,1-2H3,(H,34,37)/t29-/m1/s1. The first-order valence-electron chi connectivity index (χ1n) is 13.5. The summed E-state index contributed by atoms with van der Waals surface area (Å²) in [6.07, 6.45) is 5.52. The number of rotatable bonds is 10. The van der Waals surface area contributed by atoms with Crippen LogP contribution in [0.15, 0.2) is 72.8 Å². The highest BCUT2D eigenvalue weighted by Gasteiger charge is 2.32. The van der Waals surface area contributed by atoms with Crippen LogP contribution in [0.1, 0.15) is 54.4 Å². The molecule has 200 valence electrons. The fourth-order valence-electron chi connectivity index (χ4n) is 5.01. The molecule has 1 atom stereocenters. The van der Waals surface area contributed by atoms with Crippen LogP contribution in [0, 0.1) is 19.7 Å². The predicted molar refractivity (Wildman–Crippen MR) is 147 cm³/mol. The van der Waals surface area contributed by atoms with Crippen LogP contribution in [0.25, 0.3) is 0 Å². The number of amides is 2. The Kier molecular flexibility index (Phi) is 9.52. The molecule has 0 unspecified atom stereocenters. The minimum absolute atomic E-state index is 0.0305. The molecule has 0 heterocycles. The second-order valence-electron chi connectivity index (χ2n) is 10.1. The van der Waals surface area contributed by atoms with Crippen molar-refractivity contribution in [3.8, 4) is 5.75 Å². The van der Waals surface area contributed by atoms with Crippen LogP contribution in [-0.2, 0) is 22.6 Å². The van der Waals surface area contributed by atoms with Gasteiger partial charge < -0.3 is 15.0 Å². The molecule has 1 aliphatic carbocycles. The van der Waals surface area contributed by atoms with E-state index in [1.807, 2.05) is 62.4 Å². The van der Waals surface area contributed by atoms with Gasteiger partial charge in [-0.2, -0.15) is 0 Å². The predicted octanol–water partition coefficient (Wildman–Crippen LogP) is 5.91. The topological polar surface area (TPSA) is 58.6 Å². The van der Waals surface area contributed by atoms with Crippen LogP contribution >= 0.6 is 0 Å². The Morgan fingerprint density at radius 2 is 1.66 bits per heavy atom. The largest absolute Gasteiger partial charge is 0.483 e. The molecule has 1 aliphatic rings. The fourth-order valence-corrected chi connectivity index (χ4v) is 5.01. The molecule has 3 aromatic carbocycles. The van der Waals surface area contributed by atoms with Crippen molar-refractivity contribution in [1.29, 1.82) is 0 Å². The summed E-state index contributed by atoms with van der Waals surface area (Å²) in [6.45, 7) is 3.65. The Morgan fingerprint density at radius 3 is 2.39 bits per heavy atom. The average molecular weight is 517 g/mol. The van der Waals surface area contributed by atoms with Gasteiger partial charge in [0.25, 0.3) is 5.91 Å². The van der Waals surface area contributed by atoms with Gasteiger partial charge in [-0.3, -0.25) is 9.59 Å². The van der Waals surface area contributed by atoms with E-state index in [1.54, 1.807) is 18.2 Å². The maximum atomic E-state index is 14.8. The van der Waals surface area contributed by atoms with Crippen LogP contribution in [0.4, 0.5) is 4.39 Å². The van der Waals surface area contributed by atoms with Crippen molar-refractivity contribution < 1.29 is 18.7 Å². The zero-order chi connectivity index (χ0) is 26.9. The number of nitrogens with zero attached hydrogens (tertiary/aromatic N) is 1. The van der Waals surface area contributed by atoms with Crippen LogP contribution in [0.3, 0.4) is 0 Å². The summed E-state index contributed by atoms with van der Waals surface area (Å²) >= 11 is 0. The molecule has 6 heteroatoms. The number of hydrogen-bond acceptors (Lipinski definition) is 3. The third kappa shape index (κ3) is 7.21. The minimum Gasteiger partial charge on any atom is -0.483 e. The van der Waals surface area contributed by atoms with Crippen LogP contribution in [0.5, 0.6) is 5.75 Å². The molecule has 38 heavy (non-hydrogen) atoms. The van der Waals surface area contributed by atoms with Crippen molar-refractivity contribution in [3.05, 3.63) is 101 Å². The molecule has 0 aliphatic heterocycles. The van der Waals surface area contributed by atoms with Crippen LogP contribution < -0.4 is 10.1 Å². The first-order valence-corrected chi connectivity index (χ1v) is 13.5. The van der Waals surface area contributed by atoms with Crippen molar-refractivity contribution in [2.75, 3.05) is 6.61 Å². The second-order valence-corrected chi connectivity index (χ2v) is 10.1. The van der Waals surface area contributed by atoms with Crippen molar-refractivity contribution >= 4 is 11.8 Å². The highest BCUT2D eigenvalue weighted by Crippen LogP contribution is 2.23. The normalized spacial score (nSPS) is 14.5. The summed E-state index contributed by atoms with van der Waals surface area (Å²) in [4.78, 5) is 29.0. The Morgan fingerprint density at radius 1 is 0.947 bits per heavy atom. The van der Waals surface area contributed by atoms with Crippen molar-refractivity contribution in [2.45, 2.75) is 71.0 Å². The third-order valence-corrected chi connectivity index (χ3v) is 7.43. The second kappa shape index (κ2) is 13.2. The Labute approximate surface area is 225 Å². The quantitative estimate of drug-likeness (QED) is 0.364. The van der Waals surface area contributed by atoms with E-state index < -0.39 is 11.9 Å². The molecular weight excluding hydrogens is 479 g/mol. The summed E-state index contributed by atoms with van der Waals surface area (Å²) < 4.78 is 20.7. The molecule has 0 aromatic heterocycles. The number of halogens is 1. The van der Waals surface area contributed by atoms with Gasteiger partial charge in [-0.05, 0) is 55.5 Å². The van der Waals surface area contributed by atoms with E-state index in [9.17, 15) is 14.0 Å². The summed E-state index contributed by atoms with van der Waals surface area (Å²) in [7, 11) is 0. The summed E-state index contributed by atoms with van der Waals surface area (Å²) in [5.41, 5.74) is 3.30. The summed E-state index contributed by atoms with van der Waals surface area (Å²) in [5.74, 6) is -0.367. The molecule has 3 aromatic rings. The lowest BCUT2D eigenvalue weighted by atomic mass is 9.94. The molecule has 5 nitrogen and oxygen atoms in total. The minimum atomic E-state index is -0.811. The monoisotopic (exact) mass is 516 g/mol. The van der Waals surface area contributed by atoms with Crippen molar-refractivity contribution in [2.24, 2.45) is 0 Å². The number of benzene rings is 3. The number of aryl methyl sites for hydroxylation is 1. The van der Waals surface area contributed by atoms with Crippen molar-refractivity contribution in [1.82, 2.24) is 10.2 Å². The van der Waals surface area contributed by atoms with Gasteiger partial charge in [0.1, 0.15) is 17.6 Å². The highest BCUT2D eigenvalue weighted by atomic mass is 19.1. The van der Waals surface area contributed by atoms with E-state index in [4.69, 9.17) is 4.74 Å². The number of ether oxygens (including phenoxy) is 1. The lowest BCUT2D eigenvalue weighted by Gasteiger charge is -2.33. The fraction of sp³-hybridized carbons (Fsp3) is 0.375. The van der Waals surface area contributed by atoms with E-state index in [2.05, 4.69) is 5.32 Å². The number of nitrogens with one attached hydrogen (secondary N) is 1. The first-order chi connectivity index (χ1) is 18.4. The van der Waals surface area contributed by atoms with Crippen LogP contribution in [-0.4, -0.2) is 35.4 Å². The van der Waals surface area contributed by atoms with E-state index in [0.29, 0.717) is 17.7 Å². The SMILES string of the molecule is Cc1cccc(OCC(=O)N(Cc2ccccc2F)[C@H](Cc2ccccc2)C(=O)NC2CCCCC2)c1C. The van der Waals surface area contributed by atoms with E-state index in [-0.39, 0.29) is 31.0 Å². The van der Waals surface area contributed by atoms with Gasteiger partial charge in [0, 0.05) is 24.6 Å².